The van der Waals surface area contributed by atoms with Crippen LogP contribution in [-0.4, -0.2) is 50.0 Å². The molecule has 1 atom stereocenters. The van der Waals surface area contributed by atoms with E-state index in [1.54, 1.807) is 31.2 Å². The van der Waals surface area contributed by atoms with Crippen molar-refractivity contribution in [3.63, 3.8) is 0 Å². The molecule has 1 N–H and O–H groups in total. The average Bonchev–Trinajstić information content (AvgIpc) is 2.72. The van der Waals surface area contributed by atoms with Crippen LogP contribution in [0, 0.1) is 9.39 Å². The van der Waals surface area contributed by atoms with Gasteiger partial charge in [0.15, 0.2) is 0 Å². The first-order valence-corrected chi connectivity index (χ1v) is 13.4. The molecule has 0 aromatic heterocycles. The third-order valence-electron chi connectivity index (χ3n) is 4.88. The van der Waals surface area contributed by atoms with Gasteiger partial charge in [-0.25, -0.2) is 12.8 Å². The first kappa shape index (κ1) is 27.0. The lowest BCUT2D eigenvalue weighted by Gasteiger charge is -2.33. The Morgan fingerprint density at radius 3 is 2.12 bits per heavy atom. The van der Waals surface area contributed by atoms with Crippen LogP contribution in [0.3, 0.4) is 0 Å². The van der Waals surface area contributed by atoms with E-state index in [-0.39, 0.29) is 18.5 Å². The SMILES string of the molecule is CC[C@H](C(=O)NC(C)C)N(Cc1ccc(F)cc1)C(=O)CN(c1ccc(I)cc1)S(C)(=O)=O. The summed E-state index contributed by atoms with van der Waals surface area (Å²) in [5.41, 5.74) is 0.980. The van der Waals surface area contributed by atoms with Crippen LogP contribution in [0.5, 0.6) is 0 Å². The van der Waals surface area contributed by atoms with E-state index in [0.29, 0.717) is 17.7 Å². The summed E-state index contributed by atoms with van der Waals surface area (Å²) < 4.78 is 40.4. The Balaban J connectivity index is 2.42. The van der Waals surface area contributed by atoms with E-state index >= 15 is 0 Å². The van der Waals surface area contributed by atoms with Gasteiger partial charge in [0, 0.05) is 16.2 Å². The summed E-state index contributed by atoms with van der Waals surface area (Å²) in [6.45, 7) is 4.99. The molecule has 2 aromatic carbocycles. The molecule has 2 amide bonds. The third-order valence-corrected chi connectivity index (χ3v) is 6.74. The molecule has 0 heterocycles. The standard InChI is InChI=1S/C23H29FIN3O4S/c1-5-21(23(30)26-16(2)3)27(14-17-6-8-18(24)9-7-17)22(29)15-28(33(4,31)32)20-12-10-19(25)11-13-20/h6-13,16,21H,5,14-15H2,1-4H3,(H,26,30)/t21-/m1/s1. The maximum atomic E-state index is 13.5. The van der Waals surface area contributed by atoms with E-state index in [9.17, 15) is 22.4 Å². The minimum atomic E-state index is -3.78. The molecule has 0 aliphatic carbocycles. The highest BCUT2D eigenvalue weighted by Gasteiger charge is 2.31. The van der Waals surface area contributed by atoms with E-state index in [2.05, 4.69) is 27.9 Å². The van der Waals surface area contributed by atoms with Crippen LogP contribution in [0.2, 0.25) is 0 Å². The summed E-state index contributed by atoms with van der Waals surface area (Å²) in [5.74, 6) is -1.28. The monoisotopic (exact) mass is 589 g/mol. The third kappa shape index (κ3) is 7.95. The van der Waals surface area contributed by atoms with Crippen LogP contribution >= 0.6 is 22.6 Å². The Morgan fingerprint density at radius 1 is 1.06 bits per heavy atom. The van der Waals surface area contributed by atoms with Gasteiger partial charge in [-0.1, -0.05) is 19.1 Å². The minimum absolute atomic E-state index is 0.0351. The van der Waals surface area contributed by atoms with Gasteiger partial charge < -0.3 is 10.2 Å². The van der Waals surface area contributed by atoms with Gasteiger partial charge in [-0.2, -0.15) is 0 Å². The zero-order chi connectivity index (χ0) is 24.8. The van der Waals surface area contributed by atoms with Crippen LogP contribution in [0.15, 0.2) is 48.5 Å². The number of anilines is 1. The minimum Gasteiger partial charge on any atom is -0.352 e. The molecule has 0 spiro atoms. The highest BCUT2D eigenvalue weighted by atomic mass is 127. The summed E-state index contributed by atoms with van der Waals surface area (Å²) >= 11 is 2.11. The first-order valence-electron chi connectivity index (χ1n) is 10.5. The number of sulfonamides is 1. The number of halogens is 2. The van der Waals surface area contributed by atoms with Gasteiger partial charge in [0.1, 0.15) is 18.4 Å². The predicted octanol–water partition coefficient (Wildman–Crippen LogP) is 3.53. The van der Waals surface area contributed by atoms with Gasteiger partial charge in [0.25, 0.3) is 0 Å². The van der Waals surface area contributed by atoms with E-state index in [4.69, 9.17) is 0 Å². The summed E-state index contributed by atoms with van der Waals surface area (Å²) in [6, 6.07) is 11.4. The molecule has 0 unspecified atom stereocenters. The smallest absolute Gasteiger partial charge is 0.244 e. The number of carbonyl (C=O) groups is 2. The van der Waals surface area contributed by atoms with Crippen LogP contribution < -0.4 is 9.62 Å². The highest BCUT2D eigenvalue weighted by molar-refractivity contribution is 14.1. The molecular formula is C23H29FIN3O4S. The van der Waals surface area contributed by atoms with Crippen molar-refractivity contribution in [1.29, 1.82) is 0 Å². The molecule has 7 nitrogen and oxygen atoms in total. The maximum absolute atomic E-state index is 13.5. The van der Waals surface area contributed by atoms with Crippen molar-refractivity contribution in [3.05, 3.63) is 63.5 Å². The number of hydrogen-bond acceptors (Lipinski definition) is 4. The number of hydrogen-bond donors (Lipinski definition) is 1. The number of benzene rings is 2. The molecule has 2 aromatic rings. The van der Waals surface area contributed by atoms with Gasteiger partial charge in [0.05, 0.1) is 11.9 Å². The van der Waals surface area contributed by atoms with Crippen molar-refractivity contribution in [2.75, 3.05) is 17.1 Å². The van der Waals surface area contributed by atoms with Crippen molar-refractivity contribution < 1.29 is 22.4 Å². The molecule has 0 aliphatic heterocycles. The second-order valence-corrected chi connectivity index (χ2v) is 11.1. The first-order chi connectivity index (χ1) is 15.4. The van der Waals surface area contributed by atoms with Crippen molar-refractivity contribution in [2.45, 2.75) is 45.8 Å². The second-order valence-electron chi connectivity index (χ2n) is 7.98. The Hall–Kier alpha value is -2.21. The molecule has 2 rings (SSSR count). The summed E-state index contributed by atoms with van der Waals surface area (Å²) in [7, 11) is -3.78. The molecule has 0 saturated heterocycles. The maximum Gasteiger partial charge on any atom is 0.244 e. The van der Waals surface area contributed by atoms with Gasteiger partial charge in [-0.05, 0) is 84.8 Å². The van der Waals surface area contributed by atoms with E-state index < -0.39 is 34.3 Å². The molecule has 0 fully saturated rings. The number of rotatable bonds is 10. The molecule has 10 heteroatoms. The number of carbonyl (C=O) groups excluding carboxylic acids is 2. The fourth-order valence-electron chi connectivity index (χ4n) is 3.31. The van der Waals surface area contributed by atoms with Gasteiger partial charge in [-0.3, -0.25) is 13.9 Å². The quantitative estimate of drug-likeness (QED) is 0.430. The highest BCUT2D eigenvalue weighted by Crippen LogP contribution is 2.21. The normalized spacial score (nSPS) is 12.3. The van der Waals surface area contributed by atoms with E-state index in [1.807, 2.05) is 13.8 Å². The van der Waals surface area contributed by atoms with Crippen molar-refractivity contribution in [3.8, 4) is 0 Å². The van der Waals surface area contributed by atoms with E-state index in [1.165, 1.54) is 29.2 Å². The summed E-state index contributed by atoms with van der Waals surface area (Å²) in [5, 5.41) is 2.82. The average molecular weight is 589 g/mol. The van der Waals surface area contributed by atoms with Crippen LogP contribution in [0.25, 0.3) is 0 Å². The lowest BCUT2D eigenvalue weighted by atomic mass is 10.1. The fraction of sp³-hybridized carbons (Fsp3) is 0.391. The molecule has 180 valence electrons. The number of nitrogens with zero attached hydrogens (tertiary/aromatic N) is 2. The predicted molar refractivity (Wildman–Crippen MR) is 136 cm³/mol. The Bertz CT molecular complexity index is 1060. The lowest BCUT2D eigenvalue weighted by Crippen LogP contribution is -2.53. The largest absolute Gasteiger partial charge is 0.352 e. The van der Waals surface area contributed by atoms with Crippen LogP contribution in [-0.2, 0) is 26.2 Å². The molecular weight excluding hydrogens is 560 g/mol. The molecule has 0 radical (unpaired) electrons. The van der Waals surface area contributed by atoms with Gasteiger partial charge in [0.2, 0.25) is 21.8 Å². The van der Waals surface area contributed by atoms with Gasteiger partial charge >= 0.3 is 0 Å². The van der Waals surface area contributed by atoms with Crippen LogP contribution in [0.1, 0.15) is 32.8 Å². The second kappa shape index (κ2) is 11.8. The van der Waals surface area contributed by atoms with Crippen molar-refractivity contribution in [2.24, 2.45) is 0 Å². The van der Waals surface area contributed by atoms with Crippen LogP contribution in [0.4, 0.5) is 10.1 Å². The summed E-state index contributed by atoms with van der Waals surface area (Å²) in [4.78, 5) is 27.7. The Labute approximate surface area is 208 Å². The topological polar surface area (TPSA) is 86.8 Å². The van der Waals surface area contributed by atoms with Crippen molar-refractivity contribution in [1.82, 2.24) is 10.2 Å². The molecule has 0 saturated carbocycles. The zero-order valence-corrected chi connectivity index (χ0v) is 22.1. The Kier molecular flexibility index (Phi) is 9.65. The molecule has 33 heavy (non-hydrogen) atoms. The lowest BCUT2D eigenvalue weighted by molar-refractivity contribution is -0.140. The summed E-state index contributed by atoms with van der Waals surface area (Å²) in [6.07, 6.45) is 1.36. The number of nitrogens with one attached hydrogen (secondary N) is 1. The molecule has 0 aliphatic rings. The Morgan fingerprint density at radius 2 is 1.64 bits per heavy atom. The van der Waals surface area contributed by atoms with Crippen molar-refractivity contribution >= 4 is 50.1 Å². The van der Waals surface area contributed by atoms with E-state index in [0.717, 1.165) is 14.1 Å². The number of amides is 2. The molecule has 0 bridgehead atoms. The van der Waals surface area contributed by atoms with Gasteiger partial charge in [-0.15, -0.1) is 0 Å². The fourth-order valence-corrected chi connectivity index (χ4v) is 4.52. The zero-order valence-electron chi connectivity index (χ0n) is 19.1.